The third-order valence-electron chi connectivity index (χ3n) is 3.42. The van der Waals surface area contributed by atoms with Gasteiger partial charge in [-0.05, 0) is 18.9 Å². The van der Waals surface area contributed by atoms with E-state index in [2.05, 4.69) is 30.2 Å². The zero-order valence-electron chi connectivity index (χ0n) is 10.9. The smallest absolute Gasteiger partial charge is 0.142 e. The SMILES string of the molecule is CC(C)NCc1nccc(C2CCCCC2)n1. The van der Waals surface area contributed by atoms with Gasteiger partial charge in [0.25, 0.3) is 0 Å². The van der Waals surface area contributed by atoms with E-state index in [0.717, 1.165) is 12.4 Å². The quantitative estimate of drug-likeness (QED) is 0.868. The fourth-order valence-electron chi connectivity index (χ4n) is 2.42. The van der Waals surface area contributed by atoms with Gasteiger partial charge in [-0.3, -0.25) is 0 Å². The molecule has 2 rings (SSSR count). The van der Waals surface area contributed by atoms with E-state index in [0.29, 0.717) is 12.0 Å². The van der Waals surface area contributed by atoms with Gasteiger partial charge >= 0.3 is 0 Å². The lowest BCUT2D eigenvalue weighted by molar-refractivity contribution is 0.434. The molecule has 1 fully saturated rings. The summed E-state index contributed by atoms with van der Waals surface area (Å²) in [5, 5.41) is 3.37. The second kappa shape index (κ2) is 6.10. The topological polar surface area (TPSA) is 37.8 Å². The molecular weight excluding hydrogens is 210 g/mol. The van der Waals surface area contributed by atoms with Crippen molar-refractivity contribution in [2.24, 2.45) is 0 Å². The Balaban J connectivity index is 2.00. The highest BCUT2D eigenvalue weighted by atomic mass is 15.0. The predicted octanol–water partition coefficient (Wildman–Crippen LogP) is 3.02. The molecule has 3 heteroatoms. The molecule has 3 nitrogen and oxygen atoms in total. The molecule has 0 saturated heterocycles. The van der Waals surface area contributed by atoms with Crippen LogP contribution in [0.3, 0.4) is 0 Å². The van der Waals surface area contributed by atoms with Crippen molar-refractivity contribution in [1.82, 2.24) is 15.3 Å². The van der Waals surface area contributed by atoms with Gasteiger partial charge in [0.05, 0.1) is 6.54 Å². The molecule has 0 atom stereocenters. The Morgan fingerprint density at radius 3 is 2.76 bits per heavy atom. The summed E-state index contributed by atoms with van der Waals surface area (Å²) in [6, 6.07) is 2.58. The van der Waals surface area contributed by atoms with Crippen molar-refractivity contribution in [3.05, 3.63) is 23.8 Å². The summed E-state index contributed by atoms with van der Waals surface area (Å²) in [5.41, 5.74) is 1.25. The molecule has 0 amide bonds. The molecule has 0 radical (unpaired) electrons. The Kier molecular flexibility index (Phi) is 4.49. The Bertz CT molecular complexity index is 343. The van der Waals surface area contributed by atoms with Crippen molar-refractivity contribution in [2.45, 2.75) is 64.5 Å². The molecular formula is C14H23N3. The van der Waals surface area contributed by atoms with E-state index in [-0.39, 0.29) is 0 Å². The van der Waals surface area contributed by atoms with Gasteiger partial charge in [-0.1, -0.05) is 33.1 Å². The van der Waals surface area contributed by atoms with E-state index >= 15 is 0 Å². The lowest BCUT2D eigenvalue weighted by Gasteiger charge is -2.21. The van der Waals surface area contributed by atoms with Crippen LogP contribution in [0.4, 0.5) is 0 Å². The van der Waals surface area contributed by atoms with Crippen LogP contribution in [0.25, 0.3) is 0 Å². The summed E-state index contributed by atoms with van der Waals surface area (Å²) in [6.45, 7) is 5.06. The minimum Gasteiger partial charge on any atom is -0.308 e. The number of nitrogens with zero attached hydrogens (tertiary/aromatic N) is 2. The molecule has 1 aromatic rings. The van der Waals surface area contributed by atoms with Gasteiger partial charge in [0.1, 0.15) is 5.82 Å². The van der Waals surface area contributed by atoms with Gasteiger partial charge in [0, 0.05) is 23.9 Å². The first kappa shape index (κ1) is 12.5. The highest BCUT2D eigenvalue weighted by Crippen LogP contribution is 2.31. The first-order valence-electron chi connectivity index (χ1n) is 6.81. The summed E-state index contributed by atoms with van der Waals surface area (Å²) in [7, 11) is 0. The molecule has 0 aromatic carbocycles. The van der Waals surface area contributed by atoms with Crippen LogP contribution in [0, 0.1) is 0 Å². The van der Waals surface area contributed by atoms with Crippen molar-refractivity contribution in [3.8, 4) is 0 Å². The molecule has 94 valence electrons. The van der Waals surface area contributed by atoms with Crippen LogP contribution >= 0.6 is 0 Å². The number of aromatic nitrogens is 2. The molecule has 1 aromatic heterocycles. The van der Waals surface area contributed by atoms with E-state index in [1.807, 2.05) is 6.20 Å². The molecule has 1 heterocycles. The standard InChI is InChI=1S/C14H23N3/c1-11(2)16-10-14-15-9-8-13(17-14)12-6-4-3-5-7-12/h8-9,11-12,16H,3-7,10H2,1-2H3. The molecule has 1 saturated carbocycles. The molecule has 0 unspecified atom stereocenters. The van der Waals surface area contributed by atoms with Gasteiger partial charge in [0.2, 0.25) is 0 Å². The molecule has 1 N–H and O–H groups in total. The van der Waals surface area contributed by atoms with Crippen molar-refractivity contribution in [2.75, 3.05) is 0 Å². The third kappa shape index (κ3) is 3.77. The minimum absolute atomic E-state index is 0.483. The van der Waals surface area contributed by atoms with Gasteiger partial charge < -0.3 is 5.32 Å². The van der Waals surface area contributed by atoms with Crippen molar-refractivity contribution in [3.63, 3.8) is 0 Å². The van der Waals surface area contributed by atoms with E-state index in [1.165, 1.54) is 37.8 Å². The van der Waals surface area contributed by atoms with Gasteiger partial charge in [-0.15, -0.1) is 0 Å². The van der Waals surface area contributed by atoms with Crippen LogP contribution < -0.4 is 5.32 Å². The maximum absolute atomic E-state index is 4.69. The minimum atomic E-state index is 0.483. The highest BCUT2D eigenvalue weighted by Gasteiger charge is 2.17. The zero-order valence-corrected chi connectivity index (χ0v) is 10.9. The molecule has 0 bridgehead atoms. The second-order valence-electron chi connectivity index (χ2n) is 5.27. The highest BCUT2D eigenvalue weighted by molar-refractivity contribution is 5.09. The zero-order chi connectivity index (χ0) is 12.1. The van der Waals surface area contributed by atoms with Gasteiger partial charge in [-0.2, -0.15) is 0 Å². The van der Waals surface area contributed by atoms with Crippen LogP contribution in [0.5, 0.6) is 0 Å². The van der Waals surface area contributed by atoms with E-state index in [1.54, 1.807) is 0 Å². The van der Waals surface area contributed by atoms with Crippen molar-refractivity contribution >= 4 is 0 Å². The van der Waals surface area contributed by atoms with E-state index in [4.69, 9.17) is 4.98 Å². The average molecular weight is 233 g/mol. The van der Waals surface area contributed by atoms with E-state index < -0.39 is 0 Å². The maximum Gasteiger partial charge on any atom is 0.142 e. The summed E-state index contributed by atoms with van der Waals surface area (Å²) < 4.78 is 0. The molecule has 17 heavy (non-hydrogen) atoms. The monoisotopic (exact) mass is 233 g/mol. The number of hydrogen-bond donors (Lipinski definition) is 1. The lowest BCUT2D eigenvalue weighted by atomic mass is 9.87. The van der Waals surface area contributed by atoms with Crippen molar-refractivity contribution < 1.29 is 0 Å². The predicted molar refractivity (Wildman–Crippen MR) is 69.8 cm³/mol. The second-order valence-corrected chi connectivity index (χ2v) is 5.27. The van der Waals surface area contributed by atoms with Crippen LogP contribution in [0.1, 0.15) is 63.4 Å². The summed E-state index contributed by atoms with van der Waals surface area (Å²) in [6.07, 6.45) is 8.61. The Morgan fingerprint density at radius 1 is 1.29 bits per heavy atom. The van der Waals surface area contributed by atoms with E-state index in [9.17, 15) is 0 Å². The maximum atomic E-state index is 4.69. The average Bonchev–Trinajstić information content (AvgIpc) is 2.38. The fraction of sp³-hybridized carbons (Fsp3) is 0.714. The first-order chi connectivity index (χ1) is 8.25. The van der Waals surface area contributed by atoms with Crippen LogP contribution in [-0.2, 0) is 6.54 Å². The number of rotatable bonds is 4. The summed E-state index contributed by atoms with van der Waals surface area (Å²) in [4.78, 5) is 9.03. The van der Waals surface area contributed by atoms with Gasteiger partial charge in [0.15, 0.2) is 0 Å². The van der Waals surface area contributed by atoms with Crippen LogP contribution in [0.2, 0.25) is 0 Å². The molecule has 1 aliphatic rings. The Hall–Kier alpha value is -0.960. The summed E-state index contributed by atoms with van der Waals surface area (Å²) in [5.74, 6) is 1.60. The Morgan fingerprint density at radius 2 is 2.06 bits per heavy atom. The number of nitrogens with one attached hydrogen (secondary N) is 1. The molecule has 1 aliphatic carbocycles. The normalized spacial score (nSPS) is 17.6. The molecule has 0 spiro atoms. The van der Waals surface area contributed by atoms with Crippen LogP contribution in [0.15, 0.2) is 12.3 Å². The third-order valence-corrected chi connectivity index (χ3v) is 3.42. The molecule has 0 aliphatic heterocycles. The summed E-state index contributed by atoms with van der Waals surface area (Å²) >= 11 is 0. The van der Waals surface area contributed by atoms with Crippen LogP contribution in [-0.4, -0.2) is 16.0 Å². The largest absolute Gasteiger partial charge is 0.308 e. The lowest BCUT2D eigenvalue weighted by Crippen LogP contribution is -2.23. The Labute approximate surface area is 104 Å². The fourth-order valence-corrected chi connectivity index (χ4v) is 2.42. The first-order valence-corrected chi connectivity index (χ1v) is 6.81. The number of hydrogen-bond acceptors (Lipinski definition) is 3. The van der Waals surface area contributed by atoms with Gasteiger partial charge in [-0.25, -0.2) is 9.97 Å². The van der Waals surface area contributed by atoms with Crippen molar-refractivity contribution in [1.29, 1.82) is 0 Å².